The lowest BCUT2D eigenvalue weighted by Crippen LogP contribution is -2.08. The summed E-state index contributed by atoms with van der Waals surface area (Å²) in [5.74, 6) is 1.70. The van der Waals surface area contributed by atoms with Crippen LogP contribution in [0, 0.1) is 19.8 Å². The molecule has 157 valence electrons. The predicted molar refractivity (Wildman–Crippen MR) is 124 cm³/mol. The Morgan fingerprint density at radius 2 is 1.84 bits per heavy atom. The van der Waals surface area contributed by atoms with Crippen LogP contribution in [0.4, 0.5) is 11.5 Å². The molecular weight excluding hydrogens is 386 g/mol. The maximum absolute atomic E-state index is 5.79. The van der Waals surface area contributed by atoms with E-state index in [1.54, 1.807) is 6.20 Å². The lowest BCUT2D eigenvalue weighted by molar-refractivity contribution is 0.0925. The Morgan fingerprint density at radius 3 is 2.61 bits per heavy atom. The SMILES string of the molecule is [CH2]c1ccccc1Nc1nc(COCC(C)C)nc2nc(-c3ncccc3C)ccc12. The fourth-order valence-electron chi connectivity index (χ4n) is 3.26. The summed E-state index contributed by atoms with van der Waals surface area (Å²) < 4.78 is 5.79. The molecule has 4 aromatic rings. The minimum atomic E-state index is 0.323. The summed E-state index contributed by atoms with van der Waals surface area (Å²) in [4.78, 5) is 18.7. The predicted octanol–water partition coefficient (Wildman–Crippen LogP) is 5.49. The van der Waals surface area contributed by atoms with Gasteiger partial charge in [0.05, 0.1) is 16.8 Å². The summed E-state index contributed by atoms with van der Waals surface area (Å²) in [6.45, 7) is 11.3. The summed E-state index contributed by atoms with van der Waals surface area (Å²) in [5.41, 5.74) is 5.07. The minimum absolute atomic E-state index is 0.323. The van der Waals surface area contributed by atoms with E-state index < -0.39 is 0 Å². The van der Waals surface area contributed by atoms with E-state index in [2.05, 4.69) is 36.1 Å². The lowest BCUT2D eigenvalue weighted by Gasteiger charge is -2.13. The summed E-state index contributed by atoms with van der Waals surface area (Å²) >= 11 is 0. The molecule has 0 bridgehead atoms. The van der Waals surface area contributed by atoms with Crippen LogP contribution in [0.1, 0.15) is 30.8 Å². The molecule has 6 nitrogen and oxygen atoms in total. The van der Waals surface area contributed by atoms with E-state index in [4.69, 9.17) is 14.7 Å². The van der Waals surface area contributed by atoms with Crippen LogP contribution in [0.15, 0.2) is 54.7 Å². The van der Waals surface area contributed by atoms with Crippen LogP contribution < -0.4 is 5.32 Å². The first-order valence-electron chi connectivity index (χ1n) is 10.4. The molecule has 6 heteroatoms. The highest BCUT2D eigenvalue weighted by Crippen LogP contribution is 2.28. The first-order chi connectivity index (χ1) is 15.0. The molecule has 0 fully saturated rings. The molecule has 3 aromatic heterocycles. The third-order valence-corrected chi connectivity index (χ3v) is 4.81. The van der Waals surface area contributed by atoms with Crippen LogP contribution in [0.2, 0.25) is 0 Å². The second-order valence-corrected chi connectivity index (χ2v) is 7.92. The zero-order chi connectivity index (χ0) is 21.8. The number of ether oxygens (including phenoxy) is 1. The van der Waals surface area contributed by atoms with Crippen LogP contribution in [0.25, 0.3) is 22.4 Å². The number of nitrogens with zero attached hydrogens (tertiary/aromatic N) is 4. The number of anilines is 2. The molecule has 0 aliphatic carbocycles. The molecule has 1 radical (unpaired) electrons. The Kier molecular flexibility index (Phi) is 6.18. The molecule has 0 unspecified atom stereocenters. The number of para-hydroxylation sites is 1. The van der Waals surface area contributed by atoms with Gasteiger partial charge in [0.1, 0.15) is 12.4 Å². The molecule has 0 aliphatic heterocycles. The monoisotopic (exact) mass is 412 g/mol. The number of nitrogens with one attached hydrogen (secondary N) is 1. The van der Waals surface area contributed by atoms with Crippen LogP contribution in [0.5, 0.6) is 0 Å². The number of hydrogen-bond acceptors (Lipinski definition) is 6. The van der Waals surface area contributed by atoms with Gasteiger partial charge in [0.2, 0.25) is 0 Å². The molecule has 4 rings (SSSR count). The van der Waals surface area contributed by atoms with Gasteiger partial charge in [-0.15, -0.1) is 0 Å². The lowest BCUT2D eigenvalue weighted by atomic mass is 10.1. The van der Waals surface area contributed by atoms with Crippen molar-refractivity contribution in [1.82, 2.24) is 19.9 Å². The number of fused-ring (bicyclic) bond motifs is 1. The fraction of sp³-hybridized carbons (Fsp3) is 0.240. The first kappa shape index (κ1) is 20.9. The fourth-order valence-corrected chi connectivity index (χ4v) is 3.26. The Labute approximate surface area is 182 Å². The van der Waals surface area contributed by atoms with Crippen molar-refractivity contribution in [2.45, 2.75) is 27.4 Å². The van der Waals surface area contributed by atoms with E-state index in [0.29, 0.717) is 36.4 Å². The van der Waals surface area contributed by atoms with Gasteiger partial charge in [-0.3, -0.25) is 4.98 Å². The van der Waals surface area contributed by atoms with Gasteiger partial charge in [-0.2, -0.15) is 0 Å². The maximum atomic E-state index is 5.79. The first-order valence-corrected chi connectivity index (χ1v) is 10.4. The zero-order valence-corrected chi connectivity index (χ0v) is 18.1. The van der Waals surface area contributed by atoms with E-state index in [9.17, 15) is 0 Å². The average molecular weight is 413 g/mol. The zero-order valence-electron chi connectivity index (χ0n) is 18.1. The molecule has 31 heavy (non-hydrogen) atoms. The van der Waals surface area contributed by atoms with Crippen molar-refractivity contribution in [3.05, 3.63) is 78.6 Å². The van der Waals surface area contributed by atoms with Crippen molar-refractivity contribution in [2.24, 2.45) is 5.92 Å². The highest BCUT2D eigenvalue weighted by atomic mass is 16.5. The van der Waals surface area contributed by atoms with Gasteiger partial charge in [-0.05, 0) is 55.2 Å². The van der Waals surface area contributed by atoms with E-state index in [1.807, 2.05) is 55.5 Å². The van der Waals surface area contributed by atoms with Gasteiger partial charge >= 0.3 is 0 Å². The maximum Gasteiger partial charge on any atom is 0.165 e. The van der Waals surface area contributed by atoms with Crippen LogP contribution in [-0.2, 0) is 11.3 Å². The average Bonchev–Trinajstić information content (AvgIpc) is 2.75. The van der Waals surface area contributed by atoms with E-state index >= 15 is 0 Å². The molecule has 1 N–H and O–H groups in total. The minimum Gasteiger partial charge on any atom is -0.373 e. The van der Waals surface area contributed by atoms with Crippen molar-refractivity contribution in [3.63, 3.8) is 0 Å². The van der Waals surface area contributed by atoms with E-state index in [1.165, 1.54) is 0 Å². The normalized spacial score (nSPS) is 11.3. The van der Waals surface area contributed by atoms with Crippen LogP contribution in [0.3, 0.4) is 0 Å². The molecule has 0 aliphatic rings. The topological polar surface area (TPSA) is 72.8 Å². The van der Waals surface area contributed by atoms with Gasteiger partial charge in [-0.25, -0.2) is 15.0 Å². The molecule has 0 amide bonds. The van der Waals surface area contributed by atoms with Gasteiger partial charge < -0.3 is 10.1 Å². The molecule has 3 heterocycles. The molecule has 1 aromatic carbocycles. The van der Waals surface area contributed by atoms with Crippen LogP contribution in [-0.4, -0.2) is 26.5 Å². The number of pyridine rings is 2. The smallest absolute Gasteiger partial charge is 0.165 e. The van der Waals surface area contributed by atoms with Gasteiger partial charge in [0, 0.05) is 18.5 Å². The third kappa shape index (κ3) is 4.86. The summed E-state index contributed by atoms with van der Waals surface area (Å²) in [6, 6.07) is 15.7. The van der Waals surface area contributed by atoms with Crippen molar-refractivity contribution in [2.75, 3.05) is 11.9 Å². The summed E-state index contributed by atoms with van der Waals surface area (Å²) in [7, 11) is 0. The third-order valence-electron chi connectivity index (χ3n) is 4.81. The Hall–Kier alpha value is -3.38. The number of hydrogen-bond donors (Lipinski definition) is 1. The van der Waals surface area contributed by atoms with Gasteiger partial charge in [-0.1, -0.05) is 38.1 Å². The van der Waals surface area contributed by atoms with Crippen molar-refractivity contribution >= 4 is 22.5 Å². The number of rotatable bonds is 7. The van der Waals surface area contributed by atoms with Crippen molar-refractivity contribution in [1.29, 1.82) is 0 Å². The largest absolute Gasteiger partial charge is 0.373 e. The van der Waals surface area contributed by atoms with Crippen molar-refractivity contribution < 1.29 is 4.74 Å². The second kappa shape index (κ2) is 9.18. The Bertz CT molecular complexity index is 1210. The van der Waals surface area contributed by atoms with Gasteiger partial charge in [0.15, 0.2) is 11.5 Å². The Balaban J connectivity index is 1.78. The standard InChI is InChI=1S/C25H26N5O/c1-16(2)14-31-15-22-29-24(27-20-10-6-5-8-17(20)3)19-11-12-21(28-25(19)30-22)23-18(4)9-7-13-26-23/h5-13,16H,3,14-15H2,1-2,4H3,(H,27,28,29,30). The molecule has 0 atom stereocenters. The second-order valence-electron chi connectivity index (χ2n) is 7.92. The highest BCUT2D eigenvalue weighted by molar-refractivity contribution is 5.90. The van der Waals surface area contributed by atoms with Crippen LogP contribution >= 0.6 is 0 Å². The van der Waals surface area contributed by atoms with Gasteiger partial charge in [0.25, 0.3) is 0 Å². The van der Waals surface area contributed by atoms with E-state index in [-0.39, 0.29) is 0 Å². The van der Waals surface area contributed by atoms with E-state index in [0.717, 1.165) is 33.6 Å². The van der Waals surface area contributed by atoms with Crippen molar-refractivity contribution in [3.8, 4) is 11.4 Å². The highest BCUT2D eigenvalue weighted by Gasteiger charge is 2.13. The quantitative estimate of drug-likeness (QED) is 0.432. The summed E-state index contributed by atoms with van der Waals surface area (Å²) in [5, 5.41) is 4.23. The number of benzene rings is 1. The molecular formula is C25H26N5O. The number of aromatic nitrogens is 4. The molecule has 0 spiro atoms. The number of aryl methyl sites for hydroxylation is 1. The summed E-state index contributed by atoms with van der Waals surface area (Å²) in [6.07, 6.45) is 1.78. The molecule has 0 saturated heterocycles. The molecule has 0 saturated carbocycles. The Morgan fingerprint density at radius 1 is 1.00 bits per heavy atom.